The van der Waals surface area contributed by atoms with Crippen LogP contribution in [0.25, 0.3) is 5.57 Å². The monoisotopic (exact) mass is 359 g/mol. The molecule has 1 aromatic carbocycles. The number of rotatable bonds is 3. The van der Waals surface area contributed by atoms with Crippen LogP contribution in [-0.4, -0.2) is 26.2 Å². The van der Waals surface area contributed by atoms with Gasteiger partial charge in [-0.2, -0.15) is 21.6 Å². The first kappa shape index (κ1) is 16.4. The van der Waals surface area contributed by atoms with Crippen LogP contribution in [0.2, 0.25) is 0 Å². The average molecular weight is 359 g/mol. The highest BCUT2D eigenvalue weighted by Crippen LogP contribution is 2.37. The number of hydrogen-bond donors (Lipinski definition) is 0. The van der Waals surface area contributed by atoms with Crippen molar-refractivity contribution < 1.29 is 30.2 Å². The van der Waals surface area contributed by atoms with E-state index in [0.29, 0.717) is 5.57 Å². The third-order valence-electron chi connectivity index (χ3n) is 3.39. The molecule has 0 amide bonds. The molecule has 9 heteroatoms. The van der Waals surface area contributed by atoms with Crippen molar-refractivity contribution in [3.8, 4) is 0 Å². The molecule has 0 spiro atoms. The molecule has 1 aliphatic carbocycles. The zero-order valence-corrected chi connectivity index (χ0v) is 12.6. The summed E-state index contributed by atoms with van der Waals surface area (Å²) in [7, 11) is -5.79. The Bertz CT molecular complexity index is 911. The predicted molar refractivity (Wildman–Crippen MR) is 78.9 cm³/mol. The maximum atomic E-state index is 13.8. The quantitative estimate of drug-likeness (QED) is 0.472. The SMILES string of the molecule is O=S(=O)(OC1=CC=NC2C=C(c3ccccc3F)C=C12)C(F)(F)F. The molecule has 2 aliphatic rings. The van der Waals surface area contributed by atoms with Gasteiger partial charge >= 0.3 is 15.6 Å². The number of alkyl halides is 3. The number of fused-ring (bicyclic) bond motifs is 1. The van der Waals surface area contributed by atoms with Crippen molar-refractivity contribution in [2.75, 3.05) is 0 Å². The van der Waals surface area contributed by atoms with Gasteiger partial charge in [-0.15, -0.1) is 0 Å². The van der Waals surface area contributed by atoms with E-state index in [1.54, 1.807) is 6.07 Å². The van der Waals surface area contributed by atoms with E-state index in [9.17, 15) is 26.0 Å². The first-order chi connectivity index (χ1) is 11.2. The van der Waals surface area contributed by atoms with Gasteiger partial charge in [-0.3, -0.25) is 4.99 Å². The van der Waals surface area contributed by atoms with Gasteiger partial charge in [0, 0.05) is 23.4 Å². The van der Waals surface area contributed by atoms with E-state index in [1.807, 2.05) is 0 Å². The van der Waals surface area contributed by atoms with Crippen molar-refractivity contribution in [2.24, 2.45) is 4.99 Å². The Kier molecular flexibility index (Phi) is 3.83. The lowest BCUT2D eigenvalue weighted by atomic mass is 10.1. The Morgan fingerprint density at radius 2 is 1.88 bits per heavy atom. The van der Waals surface area contributed by atoms with Crippen LogP contribution < -0.4 is 0 Å². The summed E-state index contributed by atoms with van der Waals surface area (Å²) < 4.78 is 77.8. The van der Waals surface area contributed by atoms with Crippen molar-refractivity contribution in [1.82, 2.24) is 0 Å². The summed E-state index contributed by atoms with van der Waals surface area (Å²) in [6, 6.07) is 5.10. The molecule has 0 saturated heterocycles. The molecule has 1 atom stereocenters. The van der Waals surface area contributed by atoms with Crippen LogP contribution >= 0.6 is 0 Å². The zero-order chi connectivity index (χ0) is 17.5. The maximum absolute atomic E-state index is 13.8. The second kappa shape index (κ2) is 5.59. The van der Waals surface area contributed by atoms with Crippen LogP contribution in [0.5, 0.6) is 0 Å². The number of hydrogen-bond acceptors (Lipinski definition) is 4. The summed E-state index contributed by atoms with van der Waals surface area (Å²) in [6.07, 6.45) is 5.03. The number of aliphatic imine (C=N–C) groups is 1. The van der Waals surface area contributed by atoms with Crippen molar-refractivity contribution >= 4 is 21.9 Å². The molecule has 0 aromatic heterocycles. The summed E-state index contributed by atoms with van der Waals surface area (Å²) in [5.41, 5.74) is -4.82. The summed E-state index contributed by atoms with van der Waals surface area (Å²) in [6.45, 7) is 0. The normalized spacial score (nSPS) is 20.2. The van der Waals surface area contributed by atoms with E-state index in [1.165, 1.54) is 30.4 Å². The molecule has 1 heterocycles. The second-order valence-electron chi connectivity index (χ2n) is 4.96. The highest BCUT2D eigenvalue weighted by Gasteiger charge is 2.49. The van der Waals surface area contributed by atoms with E-state index >= 15 is 0 Å². The molecular formula is C15H9F4NO3S. The van der Waals surface area contributed by atoms with Crippen molar-refractivity contribution in [3.63, 3.8) is 0 Å². The largest absolute Gasteiger partial charge is 0.534 e. The van der Waals surface area contributed by atoms with Crippen molar-refractivity contribution in [1.29, 1.82) is 0 Å². The summed E-state index contributed by atoms with van der Waals surface area (Å²) in [5.74, 6) is -1.01. The number of halogens is 4. The fourth-order valence-electron chi connectivity index (χ4n) is 2.30. The average Bonchev–Trinajstić information content (AvgIpc) is 2.91. The van der Waals surface area contributed by atoms with Gasteiger partial charge in [0.05, 0.1) is 6.04 Å². The van der Waals surface area contributed by atoms with E-state index in [4.69, 9.17) is 0 Å². The topological polar surface area (TPSA) is 55.7 Å². The van der Waals surface area contributed by atoms with E-state index < -0.39 is 33.2 Å². The lowest BCUT2D eigenvalue weighted by Crippen LogP contribution is -2.27. The standard InChI is InChI=1S/C15H9F4NO3S/c16-12-4-2-1-3-10(12)9-7-11-13(8-9)20-6-5-14(11)23-24(21,22)15(17,18)19/h1-8,13H. The van der Waals surface area contributed by atoms with Gasteiger partial charge < -0.3 is 4.18 Å². The minimum Gasteiger partial charge on any atom is -0.376 e. The molecule has 24 heavy (non-hydrogen) atoms. The summed E-state index contributed by atoms with van der Waals surface area (Å²) in [5, 5.41) is 0. The number of benzene rings is 1. The molecule has 0 radical (unpaired) electrons. The molecule has 3 rings (SSSR count). The van der Waals surface area contributed by atoms with Gasteiger partial charge in [0.1, 0.15) is 11.6 Å². The van der Waals surface area contributed by atoms with Crippen molar-refractivity contribution in [2.45, 2.75) is 11.6 Å². The second-order valence-corrected chi connectivity index (χ2v) is 6.50. The molecule has 0 fully saturated rings. The Balaban J connectivity index is 1.95. The van der Waals surface area contributed by atoms with E-state index in [2.05, 4.69) is 9.18 Å². The third-order valence-corrected chi connectivity index (χ3v) is 4.36. The highest BCUT2D eigenvalue weighted by atomic mass is 32.2. The van der Waals surface area contributed by atoms with E-state index in [-0.39, 0.29) is 11.1 Å². The van der Waals surface area contributed by atoms with Gasteiger partial charge in [0.15, 0.2) is 0 Å². The van der Waals surface area contributed by atoms with Gasteiger partial charge in [-0.25, -0.2) is 4.39 Å². The lowest BCUT2D eigenvalue weighted by Gasteiger charge is -2.17. The minimum atomic E-state index is -5.79. The van der Waals surface area contributed by atoms with Crippen molar-refractivity contribution in [3.05, 3.63) is 65.2 Å². The van der Waals surface area contributed by atoms with Crippen LogP contribution in [0, 0.1) is 5.82 Å². The van der Waals surface area contributed by atoms with Gasteiger partial charge in [0.2, 0.25) is 0 Å². The molecule has 4 nitrogen and oxygen atoms in total. The molecule has 1 unspecified atom stereocenters. The van der Waals surface area contributed by atoms with Crippen LogP contribution in [0.15, 0.2) is 58.8 Å². The van der Waals surface area contributed by atoms with Crippen LogP contribution in [0.1, 0.15) is 5.56 Å². The molecule has 1 aromatic rings. The van der Waals surface area contributed by atoms with Crippen LogP contribution in [-0.2, 0) is 14.3 Å². The molecule has 0 saturated carbocycles. The zero-order valence-electron chi connectivity index (χ0n) is 11.8. The van der Waals surface area contributed by atoms with Crippen LogP contribution in [0.3, 0.4) is 0 Å². The Morgan fingerprint density at radius 3 is 2.54 bits per heavy atom. The number of nitrogens with zero attached hydrogens (tertiary/aromatic N) is 1. The summed E-state index contributed by atoms with van der Waals surface area (Å²) >= 11 is 0. The fraction of sp³-hybridized carbons (Fsp3) is 0.133. The Hall–Kier alpha value is -2.42. The maximum Gasteiger partial charge on any atom is 0.534 e. The minimum absolute atomic E-state index is 0.114. The molecule has 1 aliphatic heterocycles. The molecule has 126 valence electrons. The predicted octanol–water partition coefficient (Wildman–Crippen LogP) is 3.35. The van der Waals surface area contributed by atoms with Crippen LogP contribution in [0.4, 0.5) is 17.6 Å². The molecule has 0 bridgehead atoms. The van der Waals surface area contributed by atoms with Gasteiger partial charge in [-0.1, -0.05) is 18.2 Å². The summed E-state index contributed by atoms with van der Waals surface area (Å²) in [4.78, 5) is 4.01. The Labute approximate surface area is 134 Å². The van der Waals surface area contributed by atoms with E-state index in [0.717, 1.165) is 12.3 Å². The Morgan fingerprint density at radius 1 is 1.17 bits per heavy atom. The third kappa shape index (κ3) is 2.86. The molecule has 0 N–H and O–H groups in total. The van der Waals surface area contributed by atoms with Gasteiger partial charge in [0.25, 0.3) is 0 Å². The van der Waals surface area contributed by atoms with Gasteiger partial charge in [-0.05, 0) is 23.8 Å². The highest BCUT2D eigenvalue weighted by molar-refractivity contribution is 7.87. The lowest BCUT2D eigenvalue weighted by molar-refractivity contribution is -0.0520. The molecular weight excluding hydrogens is 350 g/mol. The fourth-order valence-corrected chi connectivity index (χ4v) is 2.79. The first-order valence-corrected chi connectivity index (χ1v) is 8.03. The number of dihydropyridines is 1. The number of allylic oxidation sites excluding steroid dienone is 3. The first-order valence-electron chi connectivity index (χ1n) is 6.62. The smallest absolute Gasteiger partial charge is 0.376 e.